The molecule has 0 bridgehead atoms. The number of methoxy groups -OCH3 is 1. The average Bonchev–Trinajstić information content (AvgIpc) is 3.02. The molecule has 0 radical (unpaired) electrons. The van der Waals surface area contributed by atoms with Crippen molar-refractivity contribution in [2.75, 3.05) is 24.2 Å². The van der Waals surface area contributed by atoms with Crippen LogP contribution >= 0.6 is 11.6 Å². The number of nitrogen functional groups attached to an aromatic ring is 1. The average molecular weight is 478 g/mol. The predicted octanol–water partition coefficient (Wildman–Crippen LogP) is 4.05. The van der Waals surface area contributed by atoms with Crippen LogP contribution in [0.4, 0.5) is 11.4 Å². The first-order chi connectivity index (χ1) is 15.2. The fourth-order valence-electron chi connectivity index (χ4n) is 5.02. The van der Waals surface area contributed by atoms with E-state index in [0.717, 1.165) is 30.0 Å². The van der Waals surface area contributed by atoms with Gasteiger partial charge in [-0.3, -0.25) is 4.79 Å². The molecular formula is C23H28ClN3O4S. The summed E-state index contributed by atoms with van der Waals surface area (Å²) in [5.74, 6) is -0.120. The number of sulfonamides is 1. The van der Waals surface area contributed by atoms with Crippen molar-refractivity contribution in [3.63, 3.8) is 0 Å². The van der Waals surface area contributed by atoms with Crippen LogP contribution in [0.25, 0.3) is 0 Å². The van der Waals surface area contributed by atoms with Crippen molar-refractivity contribution in [2.24, 2.45) is 5.92 Å². The number of nitrogens with one attached hydrogen (secondary N) is 1. The quantitative estimate of drug-likeness (QED) is 0.608. The Bertz CT molecular complexity index is 1150. The third-order valence-corrected chi connectivity index (χ3v) is 8.61. The fraction of sp³-hybridized carbons (Fsp3) is 0.435. The molecule has 0 saturated heterocycles. The molecule has 0 aromatic heterocycles. The van der Waals surface area contributed by atoms with E-state index in [9.17, 15) is 13.2 Å². The summed E-state index contributed by atoms with van der Waals surface area (Å²) in [7, 11) is -1.21. The number of anilines is 2. The molecule has 32 heavy (non-hydrogen) atoms. The molecule has 9 heteroatoms. The largest absolute Gasteiger partial charge is 0.495 e. The van der Waals surface area contributed by atoms with Gasteiger partial charge < -0.3 is 15.8 Å². The number of halogens is 1. The van der Waals surface area contributed by atoms with Crippen LogP contribution in [0.2, 0.25) is 5.02 Å². The Morgan fingerprint density at radius 2 is 1.91 bits per heavy atom. The molecule has 2 aliphatic rings. The molecule has 1 aliphatic carbocycles. The van der Waals surface area contributed by atoms with Crippen LogP contribution in [0.3, 0.4) is 0 Å². The van der Waals surface area contributed by atoms with Crippen LogP contribution in [-0.2, 0) is 20.4 Å². The third kappa shape index (κ3) is 3.64. The summed E-state index contributed by atoms with van der Waals surface area (Å²) in [4.78, 5) is 13.8. The van der Waals surface area contributed by atoms with Crippen molar-refractivity contribution in [3.05, 3.63) is 47.0 Å². The minimum atomic E-state index is -4.28. The van der Waals surface area contributed by atoms with Gasteiger partial charge in [0, 0.05) is 22.3 Å². The number of fused-ring (bicyclic) bond motifs is 1. The first-order valence-corrected chi connectivity index (χ1v) is 12.6. The lowest BCUT2D eigenvalue weighted by molar-refractivity contribution is -0.123. The standard InChI is InChI=1S/C23H28ClN3O4S/c1-26-23(14-15-6-4-3-5-7-15)18-12-16(24)8-10-19(18)27(22(23)28)32(29,30)21-11-9-17(25)13-20(21)31-2/h8-13,15,26H,3-7,14,25H2,1-2H3. The van der Waals surface area contributed by atoms with Crippen LogP contribution < -0.4 is 20.1 Å². The van der Waals surface area contributed by atoms with Crippen molar-refractivity contribution >= 4 is 38.9 Å². The third-order valence-electron chi connectivity index (χ3n) is 6.64. The maximum absolute atomic E-state index is 14.0. The zero-order valence-corrected chi connectivity index (χ0v) is 19.8. The van der Waals surface area contributed by atoms with Gasteiger partial charge in [-0.05, 0) is 49.7 Å². The monoisotopic (exact) mass is 477 g/mol. The number of carbonyl (C=O) groups is 1. The van der Waals surface area contributed by atoms with E-state index < -0.39 is 21.5 Å². The van der Waals surface area contributed by atoms with E-state index in [0.29, 0.717) is 34.3 Å². The van der Waals surface area contributed by atoms with Crippen LogP contribution in [0.1, 0.15) is 44.1 Å². The highest BCUT2D eigenvalue weighted by atomic mass is 35.5. The smallest absolute Gasteiger partial charge is 0.274 e. The molecule has 1 amide bonds. The SMILES string of the molecule is CNC1(CC2CCCCC2)C(=O)N(S(=O)(=O)c2ccc(N)cc2OC)c2ccc(Cl)cc21. The summed E-state index contributed by atoms with van der Waals surface area (Å²) >= 11 is 6.30. The van der Waals surface area contributed by atoms with Gasteiger partial charge >= 0.3 is 0 Å². The predicted molar refractivity (Wildman–Crippen MR) is 125 cm³/mol. The van der Waals surface area contributed by atoms with Crippen LogP contribution in [-0.4, -0.2) is 28.5 Å². The van der Waals surface area contributed by atoms with E-state index in [1.54, 1.807) is 25.2 Å². The molecule has 2 aromatic carbocycles. The van der Waals surface area contributed by atoms with E-state index in [1.165, 1.54) is 31.7 Å². The van der Waals surface area contributed by atoms with Crippen molar-refractivity contribution in [1.82, 2.24) is 5.32 Å². The van der Waals surface area contributed by atoms with E-state index in [4.69, 9.17) is 22.1 Å². The molecule has 1 atom stereocenters. The molecule has 1 aliphatic heterocycles. The summed E-state index contributed by atoms with van der Waals surface area (Å²) in [6, 6.07) is 9.17. The summed E-state index contributed by atoms with van der Waals surface area (Å²) in [5.41, 5.74) is 5.90. The van der Waals surface area contributed by atoms with E-state index in [-0.39, 0.29) is 10.6 Å². The number of carbonyl (C=O) groups excluding carboxylic acids is 1. The first-order valence-electron chi connectivity index (χ1n) is 10.8. The number of ether oxygens (including phenoxy) is 1. The number of nitrogens with two attached hydrogens (primary N) is 1. The van der Waals surface area contributed by atoms with Gasteiger partial charge in [-0.15, -0.1) is 0 Å². The Kier molecular flexibility index (Phi) is 6.13. The topological polar surface area (TPSA) is 102 Å². The summed E-state index contributed by atoms with van der Waals surface area (Å²) < 4.78 is 33.8. The molecule has 1 heterocycles. The van der Waals surface area contributed by atoms with Gasteiger partial charge in [0.2, 0.25) is 0 Å². The zero-order valence-electron chi connectivity index (χ0n) is 18.2. The Morgan fingerprint density at radius 3 is 2.56 bits per heavy atom. The minimum absolute atomic E-state index is 0.0857. The molecule has 1 saturated carbocycles. The molecule has 2 aromatic rings. The van der Waals surface area contributed by atoms with Gasteiger partial charge in [0.25, 0.3) is 15.9 Å². The molecule has 1 unspecified atom stereocenters. The zero-order chi connectivity index (χ0) is 23.1. The highest BCUT2D eigenvalue weighted by Gasteiger charge is 2.55. The lowest BCUT2D eigenvalue weighted by Crippen LogP contribution is -2.51. The van der Waals surface area contributed by atoms with Gasteiger partial charge in [-0.2, -0.15) is 0 Å². The van der Waals surface area contributed by atoms with Crippen LogP contribution in [0, 0.1) is 5.92 Å². The Hall–Kier alpha value is -2.29. The number of benzene rings is 2. The molecular weight excluding hydrogens is 450 g/mol. The summed E-state index contributed by atoms with van der Waals surface area (Å²) in [6.45, 7) is 0. The van der Waals surface area contributed by atoms with Gasteiger partial charge in [0.15, 0.2) is 0 Å². The number of rotatable bonds is 6. The summed E-state index contributed by atoms with van der Waals surface area (Å²) in [6.07, 6.45) is 5.98. The fourth-order valence-corrected chi connectivity index (χ4v) is 6.82. The van der Waals surface area contributed by atoms with Crippen molar-refractivity contribution in [2.45, 2.75) is 49.0 Å². The molecule has 7 nitrogen and oxygen atoms in total. The number of hydrogen-bond donors (Lipinski definition) is 2. The van der Waals surface area contributed by atoms with Gasteiger partial charge in [0.05, 0.1) is 12.8 Å². The molecule has 3 N–H and O–H groups in total. The number of amides is 1. The van der Waals surface area contributed by atoms with Gasteiger partial charge in [-0.25, -0.2) is 12.7 Å². The minimum Gasteiger partial charge on any atom is -0.495 e. The normalized spacial score (nSPS) is 21.6. The number of nitrogens with zero attached hydrogens (tertiary/aromatic N) is 1. The van der Waals surface area contributed by atoms with Crippen molar-refractivity contribution in [3.8, 4) is 5.75 Å². The second-order valence-electron chi connectivity index (χ2n) is 8.51. The first kappa shape index (κ1) is 22.9. The number of likely N-dealkylation sites (N-methyl/N-ethyl adjacent to an activating group) is 1. The highest BCUT2D eigenvalue weighted by molar-refractivity contribution is 7.93. The lowest BCUT2D eigenvalue weighted by atomic mass is 9.76. The van der Waals surface area contributed by atoms with Crippen LogP contribution in [0.5, 0.6) is 5.75 Å². The number of hydrogen-bond acceptors (Lipinski definition) is 6. The van der Waals surface area contributed by atoms with Crippen molar-refractivity contribution in [1.29, 1.82) is 0 Å². The Morgan fingerprint density at radius 1 is 1.19 bits per heavy atom. The second kappa shape index (κ2) is 8.57. The lowest BCUT2D eigenvalue weighted by Gasteiger charge is -2.34. The molecule has 4 rings (SSSR count). The van der Waals surface area contributed by atoms with Gasteiger partial charge in [-0.1, -0.05) is 43.7 Å². The summed E-state index contributed by atoms with van der Waals surface area (Å²) in [5, 5.41) is 3.63. The van der Waals surface area contributed by atoms with E-state index in [2.05, 4.69) is 5.32 Å². The highest BCUT2D eigenvalue weighted by Crippen LogP contribution is 2.49. The van der Waals surface area contributed by atoms with Crippen molar-refractivity contribution < 1.29 is 17.9 Å². The Labute approximate surface area is 193 Å². The second-order valence-corrected chi connectivity index (χ2v) is 10.7. The Balaban J connectivity index is 1.87. The van der Waals surface area contributed by atoms with E-state index in [1.807, 2.05) is 0 Å². The molecule has 1 fully saturated rings. The maximum Gasteiger partial charge on any atom is 0.274 e. The van der Waals surface area contributed by atoms with Crippen LogP contribution in [0.15, 0.2) is 41.3 Å². The molecule has 0 spiro atoms. The van der Waals surface area contributed by atoms with E-state index >= 15 is 0 Å². The van der Waals surface area contributed by atoms with Gasteiger partial charge in [0.1, 0.15) is 16.2 Å². The maximum atomic E-state index is 14.0. The molecule has 172 valence electrons.